The van der Waals surface area contributed by atoms with Crippen molar-refractivity contribution in [1.82, 2.24) is 14.5 Å². The normalized spacial score (nSPS) is 14.9. The quantitative estimate of drug-likeness (QED) is 0.743. The summed E-state index contributed by atoms with van der Waals surface area (Å²) < 4.78 is 2.08. The van der Waals surface area contributed by atoms with E-state index in [9.17, 15) is 4.79 Å². The van der Waals surface area contributed by atoms with Crippen LogP contribution in [0.2, 0.25) is 0 Å². The molecule has 116 valence electrons. The number of carbonyl (C=O) groups is 1. The fraction of sp³-hybridized carbons (Fsp3) is 0.263. The Kier molecular flexibility index (Phi) is 3.58. The van der Waals surface area contributed by atoms with Crippen molar-refractivity contribution < 1.29 is 4.79 Å². The van der Waals surface area contributed by atoms with E-state index >= 15 is 0 Å². The predicted octanol–water partition coefficient (Wildman–Crippen LogP) is 2.74. The van der Waals surface area contributed by atoms with Crippen LogP contribution in [-0.2, 0) is 17.8 Å². The van der Waals surface area contributed by atoms with Crippen molar-refractivity contribution in [3.63, 3.8) is 0 Å². The van der Waals surface area contributed by atoms with Crippen LogP contribution in [0.5, 0.6) is 0 Å². The summed E-state index contributed by atoms with van der Waals surface area (Å²) >= 11 is 0. The van der Waals surface area contributed by atoms with Gasteiger partial charge in [0, 0.05) is 37.9 Å². The molecule has 23 heavy (non-hydrogen) atoms. The summed E-state index contributed by atoms with van der Waals surface area (Å²) in [6.07, 6.45) is 6.09. The average Bonchev–Trinajstić information content (AvgIpc) is 3.04. The predicted molar refractivity (Wildman–Crippen MR) is 89.9 cm³/mol. The third kappa shape index (κ3) is 2.84. The Labute approximate surface area is 135 Å². The van der Waals surface area contributed by atoms with Gasteiger partial charge in [0.15, 0.2) is 0 Å². The van der Waals surface area contributed by atoms with E-state index in [1.165, 1.54) is 10.8 Å². The van der Waals surface area contributed by atoms with Gasteiger partial charge >= 0.3 is 0 Å². The van der Waals surface area contributed by atoms with Crippen LogP contribution in [0.3, 0.4) is 0 Å². The van der Waals surface area contributed by atoms with E-state index in [-0.39, 0.29) is 5.91 Å². The molecule has 1 saturated heterocycles. The first kappa shape index (κ1) is 14.0. The standard InChI is InChI=1S/C19H19N3O/c23-19(22-12-15(13-22)11-21-9-8-20-14-21)10-17-6-3-5-16-4-1-2-7-18(16)17/h1-9,14-15H,10-13H2. The van der Waals surface area contributed by atoms with Gasteiger partial charge in [0.2, 0.25) is 5.91 Å². The molecule has 1 aliphatic heterocycles. The van der Waals surface area contributed by atoms with Gasteiger partial charge in [-0.1, -0.05) is 42.5 Å². The van der Waals surface area contributed by atoms with E-state index in [0.717, 1.165) is 25.2 Å². The number of amides is 1. The van der Waals surface area contributed by atoms with Crippen molar-refractivity contribution in [2.45, 2.75) is 13.0 Å². The smallest absolute Gasteiger partial charge is 0.227 e. The molecular weight excluding hydrogens is 286 g/mol. The Bertz CT molecular complexity index is 814. The Hall–Kier alpha value is -2.62. The van der Waals surface area contributed by atoms with Gasteiger partial charge in [-0.05, 0) is 16.3 Å². The maximum atomic E-state index is 12.5. The Morgan fingerprint density at radius 2 is 1.96 bits per heavy atom. The monoisotopic (exact) mass is 305 g/mol. The Morgan fingerprint density at radius 1 is 1.13 bits per heavy atom. The number of rotatable bonds is 4. The first-order valence-electron chi connectivity index (χ1n) is 8.00. The van der Waals surface area contributed by atoms with Crippen molar-refractivity contribution >= 4 is 16.7 Å². The molecule has 0 saturated carbocycles. The maximum Gasteiger partial charge on any atom is 0.227 e. The van der Waals surface area contributed by atoms with E-state index in [1.54, 1.807) is 6.20 Å². The zero-order valence-electron chi connectivity index (χ0n) is 12.9. The number of benzene rings is 2. The molecule has 0 bridgehead atoms. The Balaban J connectivity index is 1.39. The molecule has 4 rings (SSSR count). The van der Waals surface area contributed by atoms with Crippen molar-refractivity contribution in [3.05, 3.63) is 66.7 Å². The minimum absolute atomic E-state index is 0.225. The molecule has 4 heteroatoms. The van der Waals surface area contributed by atoms with Crippen LogP contribution >= 0.6 is 0 Å². The van der Waals surface area contributed by atoms with Crippen LogP contribution < -0.4 is 0 Å². The summed E-state index contributed by atoms with van der Waals surface area (Å²) in [5, 5.41) is 2.37. The third-order valence-electron chi connectivity index (χ3n) is 4.56. The summed E-state index contributed by atoms with van der Waals surface area (Å²) in [4.78, 5) is 18.5. The first-order valence-corrected chi connectivity index (χ1v) is 8.00. The SMILES string of the molecule is O=C(Cc1cccc2ccccc12)N1CC(Cn2ccnc2)C1. The van der Waals surface area contributed by atoms with Crippen molar-refractivity contribution in [2.75, 3.05) is 13.1 Å². The number of hydrogen-bond donors (Lipinski definition) is 0. The van der Waals surface area contributed by atoms with Crippen LogP contribution in [0, 0.1) is 5.92 Å². The van der Waals surface area contributed by atoms with Crippen LogP contribution in [0.25, 0.3) is 10.8 Å². The van der Waals surface area contributed by atoms with Crippen molar-refractivity contribution in [3.8, 4) is 0 Å². The number of aromatic nitrogens is 2. The van der Waals surface area contributed by atoms with Crippen molar-refractivity contribution in [1.29, 1.82) is 0 Å². The number of carbonyl (C=O) groups excluding carboxylic acids is 1. The van der Waals surface area contributed by atoms with Crippen LogP contribution in [-0.4, -0.2) is 33.4 Å². The van der Waals surface area contributed by atoms with Gasteiger partial charge in [0.1, 0.15) is 0 Å². The summed E-state index contributed by atoms with van der Waals surface area (Å²) in [7, 11) is 0. The number of nitrogens with zero attached hydrogens (tertiary/aromatic N) is 3. The van der Waals surface area contributed by atoms with Gasteiger partial charge in [-0.3, -0.25) is 4.79 Å². The molecule has 0 N–H and O–H groups in total. The van der Waals surface area contributed by atoms with E-state index in [2.05, 4.69) is 33.8 Å². The van der Waals surface area contributed by atoms with Gasteiger partial charge in [-0.15, -0.1) is 0 Å². The molecule has 1 fully saturated rings. The second-order valence-electron chi connectivity index (χ2n) is 6.24. The van der Waals surface area contributed by atoms with E-state index in [1.807, 2.05) is 35.6 Å². The summed E-state index contributed by atoms with van der Waals surface area (Å²) in [5.41, 5.74) is 1.12. The van der Waals surface area contributed by atoms with E-state index < -0.39 is 0 Å². The number of fused-ring (bicyclic) bond motifs is 1. The molecular formula is C19H19N3O. The maximum absolute atomic E-state index is 12.5. The second kappa shape index (κ2) is 5.88. The lowest BCUT2D eigenvalue weighted by Gasteiger charge is -2.39. The van der Waals surface area contributed by atoms with E-state index in [0.29, 0.717) is 12.3 Å². The summed E-state index contributed by atoms with van der Waals surface area (Å²) in [6, 6.07) is 14.4. The highest BCUT2D eigenvalue weighted by atomic mass is 16.2. The van der Waals surface area contributed by atoms with Gasteiger partial charge in [0.25, 0.3) is 0 Å². The summed E-state index contributed by atoms with van der Waals surface area (Å²) in [5.74, 6) is 0.768. The fourth-order valence-electron chi connectivity index (χ4n) is 3.30. The second-order valence-corrected chi connectivity index (χ2v) is 6.24. The third-order valence-corrected chi connectivity index (χ3v) is 4.56. The zero-order chi connectivity index (χ0) is 15.6. The minimum atomic E-state index is 0.225. The largest absolute Gasteiger partial charge is 0.342 e. The molecule has 3 aromatic rings. The van der Waals surface area contributed by atoms with Gasteiger partial charge in [-0.2, -0.15) is 0 Å². The van der Waals surface area contributed by atoms with Gasteiger partial charge in [-0.25, -0.2) is 4.98 Å². The molecule has 0 atom stereocenters. The number of likely N-dealkylation sites (tertiary alicyclic amines) is 1. The summed E-state index contributed by atoms with van der Waals surface area (Å²) in [6.45, 7) is 2.64. The first-order chi connectivity index (χ1) is 11.3. The molecule has 0 radical (unpaired) electrons. The van der Waals surface area contributed by atoms with Gasteiger partial charge in [0.05, 0.1) is 12.7 Å². The molecule has 2 aromatic carbocycles. The van der Waals surface area contributed by atoms with Crippen LogP contribution in [0.15, 0.2) is 61.2 Å². The van der Waals surface area contributed by atoms with Crippen LogP contribution in [0.1, 0.15) is 5.56 Å². The number of imidazole rings is 1. The van der Waals surface area contributed by atoms with Crippen molar-refractivity contribution in [2.24, 2.45) is 5.92 Å². The van der Waals surface area contributed by atoms with Gasteiger partial charge < -0.3 is 9.47 Å². The zero-order valence-corrected chi connectivity index (χ0v) is 12.9. The molecule has 0 unspecified atom stereocenters. The lowest BCUT2D eigenvalue weighted by atomic mass is 9.97. The highest BCUT2D eigenvalue weighted by molar-refractivity contribution is 5.90. The molecule has 1 aliphatic rings. The number of hydrogen-bond acceptors (Lipinski definition) is 2. The van der Waals surface area contributed by atoms with Crippen LogP contribution in [0.4, 0.5) is 0 Å². The molecule has 4 nitrogen and oxygen atoms in total. The highest BCUT2D eigenvalue weighted by Crippen LogP contribution is 2.22. The molecule has 2 heterocycles. The molecule has 1 aromatic heterocycles. The average molecular weight is 305 g/mol. The lowest BCUT2D eigenvalue weighted by Crippen LogP contribution is -2.51. The minimum Gasteiger partial charge on any atom is -0.342 e. The van der Waals surface area contributed by atoms with E-state index in [4.69, 9.17) is 0 Å². The highest BCUT2D eigenvalue weighted by Gasteiger charge is 2.30. The molecule has 0 aliphatic carbocycles. The fourth-order valence-corrected chi connectivity index (χ4v) is 3.30. The Morgan fingerprint density at radius 3 is 2.78 bits per heavy atom. The molecule has 1 amide bonds. The topological polar surface area (TPSA) is 38.1 Å². The molecule has 0 spiro atoms. The lowest BCUT2D eigenvalue weighted by molar-refractivity contribution is -0.137.